The second kappa shape index (κ2) is 8.33. The minimum atomic E-state index is -0.695. The Labute approximate surface area is 140 Å². The van der Waals surface area contributed by atoms with Gasteiger partial charge in [-0.1, -0.05) is 6.07 Å². The average Bonchev–Trinajstić information content (AvgIpc) is 2.97. The number of carbonyl (C=O) groups excluding carboxylic acids is 3. The molecule has 1 aromatic carbocycles. The number of ether oxygens (including phenoxy) is 2. The van der Waals surface area contributed by atoms with Gasteiger partial charge in [0.2, 0.25) is 0 Å². The van der Waals surface area contributed by atoms with E-state index in [0.29, 0.717) is 5.75 Å². The fourth-order valence-corrected chi connectivity index (χ4v) is 2.43. The lowest BCUT2D eigenvalue weighted by molar-refractivity contribution is -0.150. The number of urea groups is 1. The molecule has 1 aliphatic carbocycles. The summed E-state index contributed by atoms with van der Waals surface area (Å²) in [6, 6.07) is 5.03. The first-order valence-electron chi connectivity index (χ1n) is 7.94. The van der Waals surface area contributed by atoms with Gasteiger partial charge in [0.15, 0.2) is 13.2 Å². The summed E-state index contributed by atoms with van der Waals surface area (Å²) in [7, 11) is 0. The number of carbonyl (C=O) groups is 3. The van der Waals surface area contributed by atoms with E-state index in [1.54, 1.807) is 13.8 Å². The minimum Gasteiger partial charge on any atom is -0.482 e. The van der Waals surface area contributed by atoms with Crippen LogP contribution < -0.4 is 15.4 Å². The maximum Gasteiger partial charge on any atom is 0.344 e. The van der Waals surface area contributed by atoms with Gasteiger partial charge in [-0.05, 0) is 56.4 Å². The van der Waals surface area contributed by atoms with Gasteiger partial charge in [-0.3, -0.25) is 10.1 Å². The van der Waals surface area contributed by atoms with Crippen LogP contribution in [0.15, 0.2) is 18.2 Å². The van der Waals surface area contributed by atoms with Crippen LogP contribution in [-0.2, 0) is 27.2 Å². The molecule has 24 heavy (non-hydrogen) atoms. The van der Waals surface area contributed by atoms with Crippen LogP contribution in [0.3, 0.4) is 0 Å². The molecule has 7 heteroatoms. The number of hydrogen-bond acceptors (Lipinski definition) is 5. The maximum absolute atomic E-state index is 11.6. The number of nitrogens with one attached hydrogen (secondary N) is 2. The molecule has 0 saturated heterocycles. The first kappa shape index (κ1) is 17.8. The maximum atomic E-state index is 11.6. The first-order chi connectivity index (χ1) is 11.4. The Morgan fingerprint density at radius 1 is 1.12 bits per heavy atom. The van der Waals surface area contributed by atoms with Gasteiger partial charge in [0, 0.05) is 6.04 Å². The van der Waals surface area contributed by atoms with Gasteiger partial charge >= 0.3 is 12.0 Å². The van der Waals surface area contributed by atoms with Crippen LogP contribution in [0, 0.1) is 0 Å². The molecule has 0 unspecified atom stereocenters. The van der Waals surface area contributed by atoms with Crippen LogP contribution in [0.1, 0.15) is 31.4 Å². The summed E-state index contributed by atoms with van der Waals surface area (Å²) < 4.78 is 10.1. The average molecular weight is 334 g/mol. The Kier molecular flexibility index (Phi) is 6.17. The third-order valence-electron chi connectivity index (χ3n) is 3.46. The van der Waals surface area contributed by atoms with Crippen LogP contribution in [0.2, 0.25) is 0 Å². The van der Waals surface area contributed by atoms with Crippen molar-refractivity contribution in [3.05, 3.63) is 29.3 Å². The normalized spacial score (nSPS) is 12.5. The van der Waals surface area contributed by atoms with Crippen molar-refractivity contribution in [1.29, 1.82) is 0 Å². The lowest BCUT2D eigenvalue weighted by Crippen LogP contribution is -2.44. The van der Waals surface area contributed by atoms with Gasteiger partial charge in [0.25, 0.3) is 5.91 Å². The standard InChI is InChI=1S/C17H22N2O5/c1-11(2)18-17(22)19-15(20)9-24-16(21)10-23-14-7-6-12-4-3-5-13(12)8-14/h6-8,11H,3-5,9-10H2,1-2H3,(H2,18,19,20,22). The molecule has 0 aromatic heterocycles. The highest BCUT2D eigenvalue weighted by Gasteiger charge is 2.14. The number of fused-ring (bicyclic) bond motifs is 1. The molecule has 2 rings (SSSR count). The predicted molar refractivity (Wildman–Crippen MR) is 86.7 cm³/mol. The van der Waals surface area contributed by atoms with Crippen molar-refractivity contribution in [2.45, 2.75) is 39.2 Å². The molecular weight excluding hydrogens is 312 g/mol. The topological polar surface area (TPSA) is 93.7 Å². The fourth-order valence-electron chi connectivity index (χ4n) is 2.43. The van der Waals surface area contributed by atoms with Gasteiger partial charge in [0.1, 0.15) is 5.75 Å². The summed E-state index contributed by atoms with van der Waals surface area (Å²) >= 11 is 0. The highest BCUT2D eigenvalue weighted by atomic mass is 16.6. The number of imide groups is 1. The van der Waals surface area contributed by atoms with Crippen molar-refractivity contribution in [3.63, 3.8) is 0 Å². The van der Waals surface area contributed by atoms with E-state index in [-0.39, 0.29) is 12.6 Å². The highest BCUT2D eigenvalue weighted by molar-refractivity contribution is 5.95. The quantitative estimate of drug-likeness (QED) is 0.766. The number of rotatable bonds is 6. The molecule has 0 atom stereocenters. The lowest BCUT2D eigenvalue weighted by Gasteiger charge is -2.10. The Bertz CT molecular complexity index is 627. The number of benzene rings is 1. The van der Waals surface area contributed by atoms with E-state index in [9.17, 15) is 14.4 Å². The SMILES string of the molecule is CC(C)NC(=O)NC(=O)COC(=O)COc1ccc2c(c1)CCC2. The van der Waals surface area contributed by atoms with Gasteiger partial charge < -0.3 is 14.8 Å². The van der Waals surface area contributed by atoms with E-state index in [2.05, 4.69) is 10.6 Å². The molecule has 1 aromatic rings. The molecule has 2 N–H and O–H groups in total. The lowest BCUT2D eigenvalue weighted by atomic mass is 10.1. The zero-order chi connectivity index (χ0) is 17.5. The molecule has 0 bridgehead atoms. The molecule has 3 amide bonds. The van der Waals surface area contributed by atoms with Crippen LogP contribution in [0.25, 0.3) is 0 Å². The second-order valence-corrected chi connectivity index (χ2v) is 5.91. The highest BCUT2D eigenvalue weighted by Crippen LogP contribution is 2.25. The summed E-state index contributed by atoms with van der Waals surface area (Å²) in [5.41, 5.74) is 2.57. The van der Waals surface area contributed by atoms with E-state index in [1.165, 1.54) is 11.1 Å². The third-order valence-corrected chi connectivity index (χ3v) is 3.46. The van der Waals surface area contributed by atoms with E-state index in [0.717, 1.165) is 19.3 Å². The van der Waals surface area contributed by atoms with Crippen LogP contribution in [-0.4, -0.2) is 37.2 Å². The largest absolute Gasteiger partial charge is 0.482 e. The minimum absolute atomic E-state index is 0.0962. The molecule has 0 heterocycles. The molecule has 1 aliphatic rings. The van der Waals surface area contributed by atoms with Crippen molar-refractivity contribution in [1.82, 2.24) is 10.6 Å². The summed E-state index contributed by atoms with van der Waals surface area (Å²) in [5.74, 6) is -0.762. The Morgan fingerprint density at radius 3 is 2.62 bits per heavy atom. The molecule has 0 fully saturated rings. The van der Waals surface area contributed by atoms with E-state index in [4.69, 9.17) is 9.47 Å². The van der Waals surface area contributed by atoms with E-state index in [1.807, 2.05) is 18.2 Å². The van der Waals surface area contributed by atoms with Crippen molar-refractivity contribution >= 4 is 17.9 Å². The van der Waals surface area contributed by atoms with Crippen molar-refractivity contribution in [2.24, 2.45) is 0 Å². The van der Waals surface area contributed by atoms with E-state index >= 15 is 0 Å². The van der Waals surface area contributed by atoms with Crippen molar-refractivity contribution < 1.29 is 23.9 Å². The fraction of sp³-hybridized carbons (Fsp3) is 0.471. The second-order valence-electron chi connectivity index (χ2n) is 5.91. The van der Waals surface area contributed by atoms with Gasteiger partial charge in [-0.15, -0.1) is 0 Å². The summed E-state index contributed by atoms with van der Waals surface area (Å²) in [6.07, 6.45) is 3.24. The summed E-state index contributed by atoms with van der Waals surface area (Å²) in [6.45, 7) is 2.71. The molecule has 0 spiro atoms. The zero-order valence-corrected chi connectivity index (χ0v) is 13.9. The Hall–Kier alpha value is -2.57. The predicted octanol–water partition coefficient (Wildman–Crippen LogP) is 1.33. The molecular formula is C17H22N2O5. The number of hydrogen-bond donors (Lipinski definition) is 2. The third kappa shape index (κ3) is 5.57. The zero-order valence-electron chi connectivity index (χ0n) is 13.9. The summed E-state index contributed by atoms with van der Waals surface area (Å²) in [5, 5.41) is 4.55. The molecule has 0 aliphatic heterocycles. The van der Waals surface area contributed by atoms with Crippen molar-refractivity contribution in [3.8, 4) is 5.75 Å². The molecule has 0 saturated carbocycles. The first-order valence-corrected chi connectivity index (χ1v) is 7.94. The molecule has 130 valence electrons. The molecule has 7 nitrogen and oxygen atoms in total. The van der Waals surface area contributed by atoms with Crippen LogP contribution in [0.5, 0.6) is 5.75 Å². The Morgan fingerprint density at radius 2 is 1.88 bits per heavy atom. The number of amides is 3. The molecule has 0 radical (unpaired) electrons. The smallest absolute Gasteiger partial charge is 0.344 e. The van der Waals surface area contributed by atoms with Gasteiger partial charge in [-0.2, -0.15) is 0 Å². The van der Waals surface area contributed by atoms with E-state index < -0.39 is 24.5 Å². The number of aryl methyl sites for hydroxylation is 2. The number of esters is 1. The summed E-state index contributed by atoms with van der Waals surface area (Å²) in [4.78, 5) is 34.3. The van der Waals surface area contributed by atoms with Crippen LogP contribution >= 0.6 is 0 Å². The van der Waals surface area contributed by atoms with Crippen LogP contribution in [0.4, 0.5) is 4.79 Å². The van der Waals surface area contributed by atoms with Gasteiger partial charge in [0.05, 0.1) is 0 Å². The van der Waals surface area contributed by atoms with Gasteiger partial charge in [-0.25, -0.2) is 9.59 Å². The Balaban J connectivity index is 1.68. The van der Waals surface area contributed by atoms with Crippen molar-refractivity contribution in [2.75, 3.05) is 13.2 Å². The monoisotopic (exact) mass is 334 g/mol.